The molecular weight excluding hydrogens is 274 g/mol. The highest BCUT2D eigenvalue weighted by molar-refractivity contribution is 9.10. The SMILES string of the molecule is O=Nc1ccc(OCC2CCOC2)c(Br)c1. The summed E-state index contributed by atoms with van der Waals surface area (Å²) in [5.41, 5.74) is 0.392. The molecule has 2 rings (SSSR count). The number of halogens is 1. The van der Waals surface area contributed by atoms with Gasteiger partial charge in [-0.05, 0) is 45.7 Å². The van der Waals surface area contributed by atoms with Gasteiger partial charge in [0.25, 0.3) is 0 Å². The Labute approximate surface area is 102 Å². The van der Waals surface area contributed by atoms with Crippen molar-refractivity contribution in [1.82, 2.24) is 0 Å². The molecular formula is C11H12BrNO3. The minimum atomic E-state index is 0.392. The van der Waals surface area contributed by atoms with Crippen molar-refractivity contribution in [2.24, 2.45) is 11.1 Å². The average molecular weight is 286 g/mol. The van der Waals surface area contributed by atoms with Gasteiger partial charge in [0, 0.05) is 12.5 Å². The van der Waals surface area contributed by atoms with Crippen LogP contribution in [0.3, 0.4) is 0 Å². The van der Waals surface area contributed by atoms with Gasteiger partial charge < -0.3 is 9.47 Å². The third kappa shape index (κ3) is 2.80. The van der Waals surface area contributed by atoms with Crippen LogP contribution in [0.25, 0.3) is 0 Å². The highest BCUT2D eigenvalue weighted by Gasteiger charge is 2.16. The van der Waals surface area contributed by atoms with Crippen molar-refractivity contribution in [2.75, 3.05) is 19.8 Å². The molecule has 0 bridgehead atoms. The summed E-state index contributed by atoms with van der Waals surface area (Å²) < 4.78 is 11.7. The first-order chi connectivity index (χ1) is 7.79. The first-order valence-electron chi connectivity index (χ1n) is 5.13. The molecule has 0 saturated carbocycles. The zero-order chi connectivity index (χ0) is 11.4. The van der Waals surface area contributed by atoms with Crippen LogP contribution in [0.1, 0.15) is 6.42 Å². The number of rotatable bonds is 4. The van der Waals surface area contributed by atoms with Crippen LogP contribution in [-0.4, -0.2) is 19.8 Å². The second-order valence-corrected chi connectivity index (χ2v) is 4.60. The highest BCUT2D eigenvalue weighted by Crippen LogP contribution is 2.30. The van der Waals surface area contributed by atoms with E-state index in [0.717, 1.165) is 29.9 Å². The summed E-state index contributed by atoms with van der Waals surface area (Å²) >= 11 is 3.34. The minimum absolute atomic E-state index is 0.392. The molecule has 1 unspecified atom stereocenters. The lowest BCUT2D eigenvalue weighted by atomic mass is 10.1. The second-order valence-electron chi connectivity index (χ2n) is 3.75. The predicted molar refractivity (Wildman–Crippen MR) is 64.0 cm³/mol. The summed E-state index contributed by atoms with van der Waals surface area (Å²) in [6, 6.07) is 5.03. The Morgan fingerprint density at radius 1 is 1.56 bits per heavy atom. The number of nitrogens with zero attached hydrogens (tertiary/aromatic N) is 1. The third-order valence-corrected chi connectivity index (χ3v) is 3.14. The van der Waals surface area contributed by atoms with Gasteiger partial charge >= 0.3 is 0 Å². The van der Waals surface area contributed by atoms with Gasteiger partial charge in [-0.15, -0.1) is 4.91 Å². The van der Waals surface area contributed by atoms with Crippen molar-refractivity contribution in [2.45, 2.75) is 6.42 Å². The Morgan fingerprint density at radius 3 is 3.06 bits per heavy atom. The van der Waals surface area contributed by atoms with Crippen LogP contribution in [-0.2, 0) is 4.74 Å². The Bertz CT molecular complexity index is 377. The van der Waals surface area contributed by atoms with Gasteiger partial charge in [-0.3, -0.25) is 0 Å². The van der Waals surface area contributed by atoms with Gasteiger partial charge in [0.1, 0.15) is 11.4 Å². The standard InChI is InChI=1S/C11H12BrNO3/c12-10-5-9(13-14)1-2-11(10)16-7-8-3-4-15-6-8/h1-2,5,8H,3-4,6-7H2. The van der Waals surface area contributed by atoms with Gasteiger partial charge in [-0.1, -0.05) is 0 Å². The fourth-order valence-electron chi connectivity index (χ4n) is 1.59. The van der Waals surface area contributed by atoms with E-state index in [1.54, 1.807) is 18.2 Å². The number of ether oxygens (including phenoxy) is 2. The fourth-order valence-corrected chi connectivity index (χ4v) is 2.07. The lowest BCUT2D eigenvalue weighted by Crippen LogP contribution is -2.11. The van der Waals surface area contributed by atoms with Crippen LogP contribution in [0.2, 0.25) is 0 Å². The molecule has 1 heterocycles. The van der Waals surface area contributed by atoms with E-state index in [1.807, 2.05) is 0 Å². The van der Waals surface area contributed by atoms with Crippen LogP contribution in [0.4, 0.5) is 5.69 Å². The third-order valence-electron chi connectivity index (χ3n) is 2.52. The maximum absolute atomic E-state index is 10.3. The van der Waals surface area contributed by atoms with Crippen molar-refractivity contribution in [3.63, 3.8) is 0 Å². The summed E-state index contributed by atoms with van der Waals surface area (Å²) in [4.78, 5) is 10.3. The molecule has 1 aromatic carbocycles. The average Bonchev–Trinajstić information content (AvgIpc) is 2.80. The summed E-state index contributed by atoms with van der Waals surface area (Å²) in [5, 5.41) is 2.85. The molecule has 0 amide bonds. The Morgan fingerprint density at radius 2 is 2.44 bits per heavy atom. The molecule has 0 spiro atoms. The largest absolute Gasteiger partial charge is 0.492 e. The monoisotopic (exact) mass is 285 g/mol. The molecule has 1 saturated heterocycles. The summed E-state index contributed by atoms with van der Waals surface area (Å²) in [7, 11) is 0. The van der Waals surface area contributed by atoms with E-state index < -0.39 is 0 Å². The van der Waals surface area contributed by atoms with E-state index >= 15 is 0 Å². The molecule has 0 N–H and O–H groups in total. The highest BCUT2D eigenvalue weighted by atomic mass is 79.9. The smallest absolute Gasteiger partial charge is 0.133 e. The van der Waals surface area contributed by atoms with Gasteiger partial charge in [-0.25, -0.2) is 0 Å². The Kier molecular flexibility index (Phi) is 3.90. The lowest BCUT2D eigenvalue weighted by Gasteiger charge is -2.11. The first-order valence-corrected chi connectivity index (χ1v) is 5.92. The van der Waals surface area contributed by atoms with Crippen molar-refractivity contribution in [1.29, 1.82) is 0 Å². The van der Waals surface area contributed by atoms with Crippen LogP contribution < -0.4 is 4.74 Å². The number of hydrogen-bond acceptors (Lipinski definition) is 4. The van der Waals surface area contributed by atoms with Gasteiger partial charge in [-0.2, -0.15) is 0 Å². The van der Waals surface area contributed by atoms with E-state index in [0.29, 0.717) is 18.2 Å². The van der Waals surface area contributed by atoms with Crippen molar-refractivity contribution in [3.05, 3.63) is 27.6 Å². The zero-order valence-electron chi connectivity index (χ0n) is 8.69. The molecule has 5 heteroatoms. The summed E-state index contributed by atoms with van der Waals surface area (Å²) in [6.07, 6.45) is 1.05. The predicted octanol–water partition coefficient (Wildman–Crippen LogP) is 3.26. The van der Waals surface area contributed by atoms with Gasteiger partial charge in [0.2, 0.25) is 0 Å². The molecule has 16 heavy (non-hydrogen) atoms. The minimum Gasteiger partial charge on any atom is -0.492 e. The maximum atomic E-state index is 10.3. The topological polar surface area (TPSA) is 47.9 Å². The number of benzene rings is 1. The maximum Gasteiger partial charge on any atom is 0.133 e. The van der Waals surface area contributed by atoms with Crippen LogP contribution in [0.5, 0.6) is 5.75 Å². The normalized spacial score (nSPS) is 19.7. The van der Waals surface area contributed by atoms with Crippen LogP contribution in [0, 0.1) is 10.8 Å². The molecule has 0 aromatic heterocycles. The molecule has 0 radical (unpaired) electrons. The van der Waals surface area contributed by atoms with E-state index in [-0.39, 0.29) is 0 Å². The van der Waals surface area contributed by atoms with E-state index in [9.17, 15) is 4.91 Å². The number of hydrogen-bond donors (Lipinski definition) is 0. The molecule has 0 aliphatic carbocycles. The molecule has 1 aromatic rings. The van der Waals surface area contributed by atoms with Crippen molar-refractivity contribution < 1.29 is 9.47 Å². The first kappa shape index (κ1) is 11.5. The molecule has 1 fully saturated rings. The Hall–Kier alpha value is -0.940. The second kappa shape index (κ2) is 5.41. The van der Waals surface area contributed by atoms with Gasteiger partial charge in [0.15, 0.2) is 0 Å². The van der Waals surface area contributed by atoms with Crippen molar-refractivity contribution >= 4 is 21.6 Å². The Balaban J connectivity index is 1.95. The molecule has 1 aliphatic heterocycles. The molecule has 86 valence electrons. The molecule has 4 nitrogen and oxygen atoms in total. The molecule has 1 atom stereocenters. The fraction of sp³-hybridized carbons (Fsp3) is 0.455. The summed E-state index contributed by atoms with van der Waals surface area (Å²) in [6.45, 7) is 2.24. The van der Waals surface area contributed by atoms with Crippen molar-refractivity contribution in [3.8, 4) is 5.75 Å². The zero-order valence-corrected chi connectivity index (χ0v) is 10.3. The van der Waals surface area contributed by atoms with Crippen LogP contribution in [0.15, 0.2) is 27.8 Å². The molecule has 1 aliphatic rings. The lowest BCUT2D eigenvalue weighted by molar-refractivity contribution is 0.167. The van der Waals surface area contributed by atoms with E-state index in [4.69, 9.17) is 9.47 Å². The van der Waals surface area contributed by atoms with E-state index in [1.165, 1.54) is 0 Å². The summed E-state index contributed by atoms with van der Waals surface area (Å²) in [5.74, 6) is 1.20. The number of nitroso groups, excluding NO2 is 1. The quantitative estimate of drug-likeness (QED) is 0.798. The van der Waals surface area contributed by atoms with E-state index in [2.05, 4.69) is 21.1 Å². The van der Waals surface area contributed by atoms with Gasteiger partial charge in [0.05, 0.1) is 17.7 Å². The van der Waals surface area contributed by atoms with Crippen LogP contribution >= 0.6 is 15.9 Å².